The standard InChI is InChI=1S/C19H23FN4O4S2/c1-13-16(11-17(25)23-7-9-24(10-8-23)30(2,27)28)18(26)22-19(21-13)29-12-14-3-5-15(20)6-4-14/h3-6H,7-12H2,1-2H3,(H,21,22,26). The fourth-order valence-corrected chi connectivity index (χ4v) is 4.81. The fraction of sp³-hybridized carbons (Fsp3) is 0.421. The summed E-state index contributed by atoms with van der Waals surface area (Å²) in [6.45, 7) is 2.76. The summed E-state index contributed by atoms with van der Waals surface area (Å²) in [6, 6.07) is 6.09. The van der Waals surface area contributed by atoms with Crippen molar-refractivity contribution in [3.05, 3.63) is 57.3 Å². The van der Waals surface area contributed by atoms with Gasteiger partial charge in [-0.2, -0.15) is 4.31 Å². The molecule has 0 bridgehead atoms. The van der Waals surface area contributed by atoms with Gasteiger partial charge in [0, 0.05) is 43.2 Å². The number of carbonyl (C=O) groups excluding carboxylic acids is 1. The van der Waals surface area contributed by atoms with E-state index in [1.165, 1.54) is 28.2 Å². The van der Waals surface area contributed by atoms with E-state index >= 15 is 0 Å². The van der Waals surface area contributed by atoms with E-state index in [-0.39, 0.29) is 36.8 Å². The largest absolute Gasteiger partial charge is 0.340 e. The van der Waals surface area contributed by atoms with Gasteiger partial charge in [0.15, 0.2) is 5.16 Å². The lowest BCUT2D eigenvalue weighted by molar-refractivity contribution is -0.131. The van der Waals surface area contributed by atoms with Gasteiger partial charge in [-0.1, -0.05) is 23.9 Å². The minimum Gasteiger partial charge on any atom is -0.340 e. The predicted molar refractivity (Wildman–Crippen MR) is 112 cm³/mol. The average molecular weight is 455 g/mol. The number of amides is 1. The van der Waals surface area contributed by atoms with Crippen LogP contribution in [0.4, 0.5) is 4.39 Å². The van der Waals surface area contributed by atoms with Gasteiger partial charge in [-0.15, -0.1) is 0 Å². The SMILES string of the molecule is Cc1nc(SCc2ccc(F)cc2)[nH]c(=O)c1CC(=O)N1CCN(S(C)(=O)=O)CC1. The van der Waals surface area contributed by atoms with Crippen LogP contribution in [-0.4, -0.2) is 65.9 Å². The second-order valence-electron chi connectivity index (χ2n) is 7.07. The van der Waals surface area contributed by atoms with Gasteiger partial charge in [-0.05, 0) is 24.6 Å². The summed E-state index contributed by atoms with van der Waals surface area (Å²) in [7, 11) is -3.27. The Hall–Kier alpha value is -2.24. The van der Waals surface area contributed by atoms with Crippen LogP contribution in [0.25, 0.3) is 0 Å². The van der Waals surface area contributed by atoms with Crippen molar-refractivity contribution in [1.82, 2.24) is 19.2 Å². The van der Waals surface area contributed by atoms with Crippen LogP contribution < -0.4 is 5.56 Å². The summed E-state index contributed by atoms with van der Waals surface area (Å²) in [5.41, 5.74) is 1.31. The van der Waals surface area contributed by atoms with Crippen LogP contribution in [0.1, 0.15) is 16.8 Å². The van der Waals surface area contributed by atoms with E-state index in [0.29, 0.717) is 35.3 Å². The number of aromatic nitrogens is 2. The quantitative estimate of drug-likeness (QED) is 0.519. The van der Waals surface area contributed by atoms with E-state index in [1.54, 1.807) is 24.0 Å². The normalized spacial score (nSPS) is 15.4. The maximum atomic E-state index is 13.0. The number of aryl methyl sites for hydroxylation is 1. The van der Waals surface area contributed by atoms with Gasteiger partial charge >= 0.3 is 0 Å². The van der Waals surface area contributed by atoms with E-state index in [9.17, 15) is 22.4 Å². The van der Waals surface area contributed by atoms with Crippen molar-refractivity contribution >= 4 is 27.7 Å². The van der Waals surface area contributed by atoms with Gasteiger partial charge in [0.1, 0.15) is 5.82 Å². The highest BCUT2D eigenvalue weighted by Crippen LogP contribution is 2.19. The van der Waals surface area contributed by atoms with E-state index in [1.807, 2.05) is 0 Å². The van der Waals surface area contributed by atoms with Gasteiger partial charge in [-0.3, -0.25) is 9.59 Å². The number of hydrogen-bond donors (Lipinski definition) is 1. The molecule has 1 aromatic carbocycles. The highest BCUT2D eigenvalue weighted by molar-refractivity contribution is 7.98. The molecule has 1 amide bonds. The summed E-state index contributed by atoms with van der Waals surface area (Å²) in [5.74, 6) is -0.0194. The molecular weight excluding hydrogens is 431 g/mol. The number of hydrogen-bond acceptors (Lipinski definition) is 6. The van der Waals surface area contributed by atoms with Crippen LogP contribution in [0.5, 0.6) is 0 Å². The number of rotatable bonds is 6. The Bertz CT molecular complexity index is 1080. The van der Waals surface area contributed by atoms with E-state index in [2.05, 4.69) is 9.97 Å². The molecule has 162 valence electrons. The minimum atomic E-state index is -3.27. The Balaban J connectivity index is 1.62. The summed E-state index contributed by atoms with van der Waals surface area (Å²) >= 11 is 1.32. The third-order valence-corrected chi connectivity index (χ3v) is 7.13. The Labute approximate surface area is 178 Å². The first-order valence-electron chi connectivity index (χ1n) is 9.33. The van der Waals surface area contributed by atoms with Crippen molar-refractivity contribution in [2.45, 2.75) is 24.3 Å². The second-order valence-corrected chi connectivity index (χ2v) is 10.0. The number of aromatic amines is 1. The summed E-state index contributed by atoms with van der Waals surface area (Å²) < 4.78 is 37.5. The van der Waals surface area contributed by atoms with E-state index in [4.69, 9.17) is 0 Å². The molecule has 1 aromatic heterocycles. The molecule has 0 radical (unpaired) electrons. The third kappa shape index (κ3) is 5.67. The lowest BCUT2D eigenvalue weighted by Gasteiger charge is -2.33. The Morgan fingerprint density at radius 2 is 1.83 bits per heavy atom. The molecule has 1 saturated heterocycles. The molecule has 3 rings (SSSR count). The molecular formula is C19H23FN4O4S2. The molecule has 1 aliphatic rings. The number of nitrogens with one attached hydrogen (secondary N) is 1. The first kappa shape index (κ1) is 22.4. The molecule has 0 aliphatic carbocycles. The Morgan fingerprint density at radius 1 is 1.20 bits per heavy atom. The fourth-order valence-electron chi connectivity index (χ4n) is 3.13. The van der Waals surface area contributed by atoms with E-state index in [0.717, 1.165) is 11.8 Å². The van der Waals surface area contributed by atoms with Crippen molar-refractivity contribution in [3.63, 3.8) is 0 Å². The number of H-pyrrole nitrogens is 1. The van der Waals surface area contributed by atoms with Gasteiger partial charge in [0.25, 0.3) is 5.56 Å². The maximum absolute atomic E-state index is 13.0. The van der Waals surface area contributed by atoms with Crippen molar-refractivity contribution in [2.24, 2.45) is 0 Å². The number of benzene rings is 1. The molecule has 0 spiro atoms. The van der Waals surface area contributed by atoms with E-state index < -0.39 is 10.0 Å². The van der Waals surface area contributed by atoms with Crippen LogP contribution in [0.15, 0.2) is 34.2 Å². The van der Waals surface area contributed by atoms with Crippen molar-refractivity contribution in [3.8, 4) is 0 Å². The number of thioether (sulfide) groups is 1. The number of piperazine rings is 1. The molecule has 0 unspecified atom stereocenters. The lowest BCUT2D eigenvalue weighted by Crippen LogP contribution is -2.50. The summed E-state index contributed by atoms with van der Waals surface area (Å²) in [4.78, 5) is 33.7. The molecule has 1 fully saturated rings. The van der Waals surface area contributed by atoms with Crippen molar-refractivity contribution in [1.29, 1.82) is 0 Å². The van der Waals surface area contributed by atoms with Gasteiger partial charge in [-0.25, -0.2) is 17.8 Å². The van der Waals surface area contributed by atoms with Crippen molar-refractivity contribution in [2.75, 3.05) is 32.4 Å². The molecule has 1 aliphatic heterocycles. The molecule has 1 N–H and O–H groups in total. The lowest BCUT2D eigenvalue weighted by atomic mass is 10.1. The van der Waals surface area contributed by atoms with Gasteiger partial charge < -0.3 is 9.88 Å². The molecule has 30 heavy (non-hydrogen) atoms. The molecule has 8 nitrogen and oxygen atoms in total. The summed E-state index contributed by atoms with van der Waals surface area (Å²) in [6.07, 6.45) is 1.06. The maximum Gasteiger partial charge on any atom is 0.255 e. The number of nitrogens with zero attached hydrogens (tertiary/aromatic N) is 3. The first-order valence-corrected chi connectivity index (χ1v) is 12.2. The van der Waals surface area contributed by atoms with Crippen molar-refractivity contribution < 1.29 is 17.6 Å². The second kappa shape index (κ2) is 9.27. The van der Waals surface area contributed by atoms with Crippen LogP contribution in [0.2, 0.25) is 0 Å². The average Bonchev–Trinajstić information content (AvgIpc) is 2.69. The van der Waals surface area contributed by atoms with Gasteiger partial charge in [0.2, 0.25) is 15.9 Å². The number of sulfonamides is 1. The zero-order chi connectivity index (χ0) is 21.9. The van der Waals surface area contributed by atoms with Gasteiger partial charge in [0.05, 0.1) is 12.7 Å². The Morgan fingerprint density at radius 3 is 2.40 bits per heavy atom. The predicted octanol–water partition coefficient (Wildman–Crippen LogP) is 1.16. The Kier molecular flexibility index (Phi) is 6.94. The third-order valence-electron chi connectivity index (χ3n) is 4.88. The molecule has 2 aromatic rings. The highest BCUT2D eigenvalue weighted by atomic mass is 32.2. The van der Waals surface area contributed by atoms with Crippen LogP contribution in [0.3, 0.4) is 0 Å². The smallest absolute Gasteiger partial charge is 0.255 e. The van der Waals surface area contributed by atoms with Crippen LogP contribution >= 0.6 is 11.8 Å². The highest BCUT2D eigenvalue weighted by Gasteiger charge is 2.26. The monoisotopic (exact) mass is 454 g/mol. The molecule has 11 heteroatoms. The van der Waals surface area contributed by atoms with Crippen LogP contribution in [-0.2, 0) is 27.0 Å². The van der Waals surface area contributed by atoms with Crippen LogP contribution in [0, 0.1) is 12.7 Å². The minimum absolute atomic E-state index is 0.0874. The number of halogens is 1. The zero-order valence-corrected chi connectivity index (χ0v) is 18.4. The molecule has 2 heterocycles. The molecule has 0 saturated carbocycles. The zero-order valence-electron chi connectivity index (χ0n) is 16.7. The first-order chi connectivity index (χ1) is 14.1. The summed E-state index contributed by atoms with van der Waals surface area (Å²) in [5, 5.41) is 0.430. The topological polar surface area (TPSA) is 103 Å². The number of carbonyl (C=O) groups is 1. The molecule has 0 atom stereocenters.